The van der Waals surface area contributed by atoms with Crippen molar-refractivity contribution in [2.45, 2.75) is 39.0 Å². The van der Waals surface area contributed by atoms with Crippen LogP contribution in [0.15, 0.2) is 34.0 Å². The van der Waals surface area contributed by atoms with Crippen molar-refractivity contribution in [3.63, 3.8) is 0 Å². The van der Waals surface area contributed by atoms with E-state index in [1.54, 1.807) is 0 Å². The van der Waals surface area contributed by atoms with Gasteiger partial charge < -0.3 is 29.3 Å². The fraction of sp³-hybridized carbons (Fsp3) is 0.381. The number of phosphoric acid groups is 1. The number of amides is 1. The summed E-state index contributed by atoms with van der Waals surface area (Å²) >= 11 is 0. The number of fused-ring (bicyclic) bond motifs is 3. The van der Waals surface area contributed by atoms with Gasteiger partial charge in [-0.15, -0.1) is 0 Å². The zero-order valence-corrected chi connectivity index (χ0v) is 18.4. The highest BCUT2D eigenvalue weighted by molar-refractivity contribution is 7.45. The molecule has 0 bridgehead atoms. The van der Waals surface area contributed by atoms with Gasteiger partial charge in [0.15, 0.2) is 0 Å². The second kappa shape index (κ2) is 10.6. The number of carbonyl (C=O) groups excluding carboxylic acids is 1. The lowest BCUT2D eigenvalue weighted by atomic mass is 10.0. The third-order valence-corrected chi connectivity index (χ3v) is 4.58. The number of nitrogens with zero attached hydrogens (tertiary/aromatic N) is 1. The van der Waals surface area contributed by atoms with Gasteiger partial charge in [0.2, 0.25) is 5.91 Å². The van der Waals surface area contributed by atoms with Crippen molar-refractivity contribution in [2.75, 3.05) is 14.1 Å². The first-order valence-corrected chi connectivity index (χ1v) is 11.3. The van der Waals surface area contributed by atoms with Crippen LogP contribution in [0.2, 0.25) is 0 Å². The average molecular weight is 436 g/mol. The number of hydrogen-bond acceptors (Lipinski definition) is 4. The summed E-state index contributed by atoms with van der Waals surface area (Å²) in [5.74, 6) is 0.0746. The highest BCUT2D eigenvalue weighted by Crippen LogP contribution is 2.25. The lowest BCUT2D eigenvalue weighted by Crippen LogP contribution is -2.22. The van der Waals surface area contributed by atoms with Crippen LogP contribution in [0.4, 0.5) is 0 Å². The monoisotopic (exact) mass is 436 g/mol. The molecule has 0 saturated carbocycles. The maximum absolute atomic E-state index is 12.1. The highest BCUT2D eigenvalue weighted by atomic mass is 31.2. The fourth-order valence-electron chi connectivity index (χ4n) is 3.11. The van der Waals surface area contributed by atoms with E-state index in [2.05, 4.69) is 37.3 Å². The summed E-state index contributed by atoms with van der Waals surface area (Å²) in [6, 6.07) is 0. The maximum Gasteiger partial charge on any atom is 0.466 e. The molecule has 30 heavy (non-hydrogen) atoms. The fourth-order valence-corrected chi connectivity index (χ4v) is 3.11. The van der Waals surface area contributed by atoms with Crippen LogP contribution < -0.4 is 16.1 Å². The van der Waals surface area contributed by atoms with Crippen LogP contribution in [0, 0.1) is 0 Å². The SMILES string of the molecule is CCCCCC(=O)NC1=Cc2c3c(oc2=CC=C1)=CC=C(N(C)C)C3.O=P(O)(O)O. The Morgan fingerprint density at radius 3 is 2.50 bits per heavy atom. The maximum atomic E-state index is 12.1. The molecule has 2 aliphatic rings. The Kier molecular flexibility index (Phi) is 8.43. The summed E-state index contributed by atoms with van der Waals surface area (Å²) < 4.78 is 14.9. The molecule has 0 spiro atoms. The van der Waals surface area contributed by atoms with E-state index in [-0.39, 0.29) is 5.91 Å². The lowest BCUT2D eigenvalue weighted by Gasteiger charge is -2.18. The van der Waals surface area contributed by atoms with Gasteiger partial charge in [0.25, 0.3) is 0 Å². The molecular formula is C21H29N2O6P. The van der Waals surface area contributed by atoms with E-state index in [1.807, 2.05) is 30.4 Å². The number of carbonyl (C=O) groups is 1. The number of allylic oxidation sites excluding steroid dienone is 4. The standard InChI is InChI=1S/C21H26N2O2.H3O4P/c1-4-5-6-10-21(24)22-15-8-7-9-19-17(13-15)18-14-16(23(2)3)11-12-20(18)25-19;1-5(2,3)4/h7-9,11-13H,4-6,10,14H2,1-3H3,(H,22,24);(H3,1,2,3,4). The molecule has 9 heteroatoms. The average Bonchev–Trinajstić information content (AvgIpc) is 2.84. The first-order valence-electron chi connectivity index (χ1n) is 9.76. The van der Waals surface area contributed by atoms with E-state index < -0.39 is 7.82 Å². The van der Waals surface area contributed by atoms with Gasteiger partial charge in [0.05, 0.1) is 0 Å². The zero-order chi connectivity index (χ0) is 22.3. The number of rotatable bonds is 6. The molecule has 0 fully saturated rings. The molecular weight excluding hydrogens is 407 g/mol. The summed E-state index contributed by atoms with van der Waals surface area (Å²) in [6.45, 7) is 2.14. The van der Waals surface area contributed by atoms with E-state index >= 15 is 0 Å². The first kappa shape index (κ1) is 23.9. The van der Waals surface area contributed by atoms with Crippen LogP contribution >= 0.6 is 7.82 Å². The van der Waals surface area contributed by atoms with Crippen LogP contribution in [0.1, 0.15) is 43.7 Å². The van der Waals surface area contributed by atoms with Gasteiger partial charge in [-0.25, -0.2) is 4.57 Å². The molecule has 3 rings (SSSR count). The van der Waals surface area contributed by atoms with Crippen molar-refractivity contribution < 1.29 is 28.5 Å². The van der Waals surface area contributed by atoms with Gasteiger partial charge in [0, 0.05) is 49.5 Å². The topological polar surface area (TPSA) is 123 Å². The van der Waals surface area contributed by atoms with E-state index in [0.717, 1.165) is 47.8 Å². The predicted octanol–water partition coefficient (Wildman–Crippen LogP) is 1.52. The molecule has 4 N–H and O–H groups in total. The third kappa shape index (κ3) is 7.46. The molecule has 0 atom stereocenters. The zero-order valence-electron chi connectivity index (χ0n) is 17.5. The van der Waals surface area contributed by atoms with Crippen LogP contribution in [-0.2, 0) is 15.8 Å². The molecule has 1 heterocycles. The highest BCUT2D eigenvalue weighted by Gasteiger charge is 2.17. The molecule has 0 aromatic carbocycles. The summed E-state index contributed by atoms with van der Waals surface area (Å²) in [7, 11) is -0.538. The second-order valence-electron chi connectivity index (χ2n) is 7.26. The Bertz CT molecular complexity index is 1020. The normalized spacial score (nSPS) is 14.5. The molecule has 0 radical (unpaired) electrons. The minimum Gasteiger partial charge on any atom is -0.456 e. The van der Waals surface area contributed by atoms with Gasteiger partial charge in [-0.3, -0.25) is 4.79 Å². The largest absolute Gasteiger partial charge is 0.466 e. The van der Waals surface area contributed by atoms with E-state index in [0.29, 0.717) is 6.42 Å². The number of unbranched alkanes of at least 4 members (excludes halogenated alkanes) is 2. The minimum absolute atomic E-state index is 0.0746. The molecule has 0 unspecified atom stereocenters. The van der Waals surface area contributed by atoms with Gasteiger partial charge in [0.1, 0.15) is 10.8 Å². The van der Waals surface area contributed by atoms with Crippen molar-refractivity contribution in [3.8, 4) is 0 Å². The van der Waals surface area contributed by atoms with Crippen molar-refractivity contribution in [2.24, 2.45) is 0 Å². The molecule has 2 aliphatic carbocycles. The molecule has 0 aliphatic heterocycles. The summed E-state index contributed by atoms with van der Waals surface area (Å²) in [6.07, 6.45) is 16.5. The Morgan fingerprint density at radius 1 is 1.17 bits per heavy atom. The Hall–Kier alpha value is -2.38. The van der Waals surface area contributed by atoms with Crippen molar-refractivity contribution in [1.82, 2.24) is 10.2 Å². The van der Waals surface area contributed by atoms with Crippen LogP contribution in [0.5, 0.6) is 0 Å². The predicted molar refractivity (Wildman–Crippen MR) is 116 cm³/mol. The molecule has 8 nitrogen and oxygen atoms in total. The van der Waals surface area contributed by atoms with E-state index in [9.17, 15) is 4.79 Å². The Morgan fingerprint density at radius 2 is 1.87 bits per heavy atom. The van der Waals surface area contributed by atoms with Gasteiger partial charge in [-0.2, -0.15) is 0 Å². The van der Waals surface area contributed by atoms with Crippen molar-refractivity contribution in [3.05, 3.63) is 51.6 Å². The van der Waals surface area contributed by atoms with Gasteiger partial charge in [-0.1, -0.05) is 25.8 Å². The molecule has 1 aromatic rings. The van der Waals surface area contributed by atoms with Gasteiger partial charge >= 0.3 is 7.82 Å². The van der Waals surface area contributed by atoms with Crippen LogP contribution in [0.25, 0.3) is 18.2 Å². The van der Waals surface area contributed by atoms with Crippen LogP contribution in [-0.4, -0.2) is 39.6 Å². The Labute approximate surface area is 175 Å². The number of hydrogen-bond donors (Lipinski definition) is 4. The van der Waals surface area contributed by atoms with E-state index in [1.165, 1.54) is 11.3 Å². The number of likely N-dealkylation sites (N-methyl/N-ethyl adjacent to an activating group) is 1. The Balaban J connectivity index is 0.000000575. The molecule has 0 saturated heterocycles. The second-order valence-corrected chi connectivity index (χ2v) is 8.29. The smallest absolute Gasteiger partial charge is 0.456 e. The lowest BCUT2D eigenvalue weighted by molar-refractivity contribution is -0.120. The van der Waals surface area contributed by atoms with Crippen LogP contribution in [0.3, 0.4) is 0 Å². The summed E-state index contributed by atoms with van der Waals surface area (Å²) in [5, 5.41) is 3.03. The summed E-state index contributed by atoms with van der Waals surface area (Å²) in [5.41, 5.74) is 6.06. The molecule has 1 aromatic heterocycles. The molecule has 1 amide bonds. The van der Waals surface area contributed by atoms with Crippen molar-refractivity contribution in [1.29, 1.82) is 0 Å². The summed E-state index contributed by atoms with van der Waals surface area (Å²) in [4.78, 5) is 35.8. The van der Waals surface area contributed by atoms with E-state index in [4.69, 9.17) is 23.7 Å². The first-order chi connectivity index (χ1) is 14.1. The third-order valence-electron chi connectivity index (χ3n) is 4.58. The number of furan rings is 1. The molecule has 164 valence electrons. The van der Waals surface area contributed by atoms with Crippen molar-refractivity contribution >= 4 is 32.0 Å². The quantitative estimate of drug-likeness (QED) is 0.394. The van der Waals surface area contributed by atoms with Gasteiger partial charge in [-0.05, 0) is 36.8 Å². The number of nitrogens with one attached hydrogen (secondary N) is 1. The minimum atomic E-state index is -4.64.